The number of halogens is 3. The highest BCUT2D eigenvalue weighted by molar-refractivity contribution is 9.09. The first kappa shape index (κ1) is 14.9. The summed E-state index contributed by atoms with van der Waals surface area (Å²) >= 11 is 9.38. The highest BCUT2D eigenvalue weighted by Gasteiger charge is 2.01. The summed E-state index contributed by atoms with van der Waals surface area (Å²) in [5.41, 5.74) is 0.826. The van der Waals surface area contributed by atoms with Crippen LogP contribution in [-0.2, 0) is 6.54 Å². The van der Waals surface area contributed by atoms with E-state index >= 15 is 0 Å². The second kappa shape index (κ2) is 8.90. The molecule has 0 radical (unpaired) electrons. The van der Waals surface area contributed by atoms with E-state index in [2.05, 4.69) is 21.2 Å². The molecule has 0 spiro atoms. The fourth-order valence-corrected chi connectivity index (χ4v) is 2.18. The number of rotatable bonds is 8. The molecule has 1 aromatic carbocycles. The zero-order chi connectivity index (χ0) is 12.5. The zero-order valence-electron chi connectivity index (χ0n) is 9.82. The quantitative estimate of drug-likeness (QED) is 0.548. The third-order valence-corrected chi connectivity index (χ3v) is 3.49. The Labute approximate surface area is 116 Å². The molecule has 0 amide bonds. The lowest BCUT2D eigenvalue weighted by Gasteiger charge is -2.06. The van der Waals surface area contributed by atoms with E-state index in [0.29, 0.717) is 11.6 Å². The predicted molar refractivity (Wildman–Crippen MR) is 75.4 cm³/mol. The molecule has 0 saturated heterocycles. The van der Waals surface area contributed by atoms with Crippen LogP contribution < -0.4 is 5.32 Å². The first-order valence-corrected chi connectivity index (χ1v) is 7.44. The number of hydrogen-bond donors (Lipinski definition) is 1. The van der Waals surface area contributed by atoms with Gasteiger partial charge in [0.15, 0.2) is 0 Å². The van der Waals surface area contributed by atoms with Crippen molar-refractivity contribution in [3.63, 3.8) is 0 Å². The minimum atomic E-state index is -0.233. The number of benzene rings is 1. The average molecular weight is 323 g/mol. The van der Waals surface area contributed by atoms with Crippen LogP contribution in [0.15, 0.2) is 18.2 Å². The second-order valence-electron chi connectivity index (χ2n) is 4.02. The smallest absolute Gasteiger partial charge is 0.123 e. The van der Waals surface area contributed by atoms with E-state index in [0.717, 1.165) is 23.9 Å². The first-order chi connectivity index (χ1) is 8.24. The van der Waals surface area contributed by atoms with E-state index < -0.39 is 0 Å². The molecule has 0 atom stereocenters. The lowest BCUT2D eigenvalue weighted by Crippen LogP contribution is -2.15. The third-order valence-electron chi connectivity index (χ3n) is 2.56. The minimum absolute atomic E-state index is 0.233. The summed E-state index contributed by atoms with van der Waals surface area (Å²) in [6.07, 6.45) is 4.87. The lowest BCUT2D eigenvalue weighted by atomic mass is 10.2. The van der Waals surface area contributed by atoms with E-state index in [1.165, 1.54) is 31.4 Å². The van der Waals surface area contributed by atoms with Crippen LogP contribution in [0.1, 0.15) is 31.2 Å². The number of unbranched alkanes of at least 4 members (excludes halogenated alkanes) is 3. The minimum Gasteiger partial charge on any atom is -0.313 e. The largest absolute Gasteiger partial charge is 0.313 e. The molecule has 1 aromatic rings. The average Bonchev–Trinajstić information content (AvgIpc) is 2.32. The molecule has 0 fully saturated rings. The summed E-state index contributed by atoms with van der Waals surface area (Å²) in [4.78, 5) is 0. The molecule has 0 unspecified atom stereocenters. The van der Waals surface area contributed by atoms with Gasteiger partial charge in [0.1, 0.15) is 5.82 Å². The van der Waals surface area contributed by atoms with Crippen molar-refractivity contribution >= 4 is 27.5 Å². The van der Waals surface area contributed by atoms with Gasteiger partial charge >= 0.3 is 0 Å². The van der Waals surface area contributed by atoms with Gasteiger partial charge in [0.05, 0.1) is 0 Å². The zero-order valence-corrected chi connectivity index (χ0v) is 12.2. The highest BCUT2D eigenvalue weighted by Crippen LogP contribution is 2.16. The monoisotopic (exact) mass is 321 g/mol. The summed E-state index contributed by atoms with van der Waals surface area (Å²) in [5, 5.41) is 4.99. The molecular weight excluding hydrogens is 305 g/mol. The van der Waals surface area contributed by atoms with Crippen molar-refractivity contribution in [2.24, 2.45) is 0 Å². The van der Waals surface area contributed by atoms with E-state index in [9.17, 15) is 4.39 Å². The Balaban J connectivity index is 2.15. The molecule has 17 heavy (non-hydrogen) atoms. The van der Waals surface area contributed by atoms with Crippen LogP contribution in [0, 0.1) is 5.82 Å². The van der Waals surface area contributed by atoms with Crippen molar-refractivity contribution in [2.75, 3.05) is 11.9 Å². The van der Waals surface area contributed by atoms with Crippen molar-refractivity contribution in [1.29, 1.82) is 0 Å². The maximum atomic E-state index is 13.0. The summed E-state index contributed by atoms with van der Waals surface area (Å²) in [7, 11) is 0. The Morgan fingerprint density at radius 2 is 1.94 bits per heavy atom. The van der Waals surface area contributed by atoms with Crippen LogP contribution in [0.25, 0.3) is 0 Å². The summed E-state index contributed by atoms with van der Waals surface area (Å²) < 4.78 is 13.0. The molecule has 0 aromatic heterocycles. The van der Waals surface area contributed by atoms with Gasteiger partial charge in [0, 0.05) is 16.9 Å². The predicted octanol–water partition coefficient (Wildman–Crippen LogP) is 4.52. The Kier molecular flexibility index (Phi) is 7.82. The van der Waals surface area contributed by atoms with Crippen LogP contribution in [0.4, 0.5) is 4.39 Å². The topological polar surface area (TPSA) is 12.0 Å². The molecular formula is C13H18BrClFN. The Morgan fingerprint density at radius 3 is 2.71 bits per heavy atom. The number of hydrogen-bond acceptors (Lipinski definition) is 1. The summed E-state index contributed by atoms with van der Waals surface area (Å²) in [6, 6.07) is 4.47. The van der Waals surface area contributed by atoms with Gasteiger partial charge in [-0.3, -0.25) is 0 Å². The Bertz CT molecular complexity index is 333. The third kappa shape index (κ3) is 6.39. The van der Waals surface area contributed by atoms with Crippen LogP contribution in [0.5, 0.6) is 0 Å². The molecule has 1 rings (SSSR count). The van der Waals surface area contributed by atoms with E-state index in [-0.39, 0.29) is 5.82 Å². The maximum absolute atomic E-state index is 13.0. The highest BCUT2D eigenvalue weighted by atomic mass is 79.9. The Hall–Kier alpha value is -0.120. The lowest BCUT2D eigenvalue weighted by molar-refractivity contribution is 0.594. The molecule has 0 heterocycles. The van der Waals surface area contributed by atoms with Crippen molar-refractivity contribution in [1.82, 2.24) is 5.32 Å². The van der Waals surface area contributed by atoms with Gasteiger partial charge in [-0.1, -0.05) is 40.4 Å². The van der Waals surface area contributed by atoms with Crippen molar-refractivity contribution in [2.45, 2.75) is 32.2 Å². The number of alkyl halides is 1. The van der Waals surface area contributed by atoms with E-state index in [1.54, 1.807) is 6.07 Å². The van der Waals surface area contributed by atoms with Crippen molar-refractivity contribution in [3.05, 3.63) is 34.6 Å². The molecule has 0 saturated carbocycles. The van der Waals surface area contributed by atoms with E-state index in [4.69, 9.17) is 11.6 Å². The standard InChI is InChI=1S/C13H18BrClFN/c14-7-3-1-2-4-8-17-10-11-9-12(16)5-6-13(11)15/h5-6,9,17H,1-4,7-8,10H2. The van der Waals surface area contributed by atoms with Gasteiger partial charge in [-0.2, -0.15) is 0 Å². The van der Waals surface area contributed by atoms with Gasteiger partial charge < -0.3 is 5.32 Å². The van der Waals surface area contributed by atoms with Crippen molar-refractivity contribution < 1.29 is 4.39 Å². The molecule has 0 bridgehead atoms. The van der Waals surface area contributed by atoms with E-state index in [1.807, 2.05) is 0 Å². The summed E-state index contributed by atoms with van der Waals surface area (Å²) in [5.74, 6) is -0.233. The fourth-order valence-electron chi connectivity index (χ4n) is 1.60. The van der Waals surface area contributed by atoms with Crippen LogP contribution in [0.3, 0.4) is 0 Å². The SMILES string of the molecule is Fc1ccc(Cl)c(CNCCCCCCBr)c1. The molecule has 0 aliphatic heterocycles. The summed E-state index contributed by atoms with van der Waals surface area (Å²) in [6.45, 7) is 1.59. The number of nitrogens with one attached hydrogen (secondary N) is 1. The first-order valence-electron chi connectivity index (χ1n) is 5.94. The van der Waals surface area contributed by atoms with Gasteiger partial charge in [-0.05, 0) is 43.1 Å². The molecule has 0 aliphatic carbocycles. The normalized spacial score (nSPS) is 10.8. The second-order valence-corrected chi connectivity index (χ2v) is 5.22. The van der Waals surface area contributed by atoms with Crippen LogP contribution in [-0.4, -0.2) is 11.9 Å². The molecule has 1 N–H and O–H groups in total. The molecule has 0 aliphatic rings. The molecule has 1 nitrogen and oxygen atoms in total. The molecule has 4 heteroatoms. The molecule has 96 valence electrons. The fraction of sp³-hybridized carbons (Fsp3) is 0.538. The van der Waals surface area contributed by atoms with Gasteiger partial charge in [0.2, 0.25) is 0 Å². The van der Waals surface area contributed by atoms with Gasteiger partial charge in [0.25, 0.3) is 0 Å². The maximum Gasteiger partial charge on any atom is 0.123 e. The van der Waals surface area contributed by atoms with Crippen LogP contribution in [0.2, 0.25) is 5.02 Å². The van der Waals surface area contributed by atoms with Crippen LogP contribution >= 0.6 is 27.5 Å². The Morgan fingerprint density at radius 1 is 1.18 bits per heavy atom. The van der Waals surface area contributed by atoms with Gasteiger partial charge in [-0.15, -0.1) is 0 Å². The van der Waals surface area contributed by atoms with Crippen molar-refractivity contribution in [3.8, 4) is 0 Å². The van der Waals surface area contributed by atoms with Gasteiger partial charge in [-0.25, -0.2) is 4.39 Å².